The minimum absolute atomic E-state index is 0.00424. The molecule has 0 bridgehead atoms. The summed E-state index contributed by atoms with van der Waals surface area (Å²) in [6.45, 7) is 2.55. The van der Waals surface area contributed by atoms with Crippen LogP contribution in [0.1, 0.15) is 40.7 Å². The fourth-order valence-electron chi connectivity index (χ4n) is 4.35. The number of aromatic nitrogens is 1. The molecule has 2 heterocycles. The van der Waals surface area contributed by atoms with Gasteiger partial charge in [-0.25, -0.2) is 0 Å². The van der Waals surface area contributed by atoms with E-state index in [2.05, 4.69) is 27.3 Å². The van der Waals surface area contributed by atoms with Crippen molar-refractivity contribution in [2.75, 3.05) is 13.1 Å². The van der Waals surface area contributed by atoms with Crippen LogP contribution in [0.2, 0.25) is 0 Å². The van der Waals surface area contributed by atoms with Gasteiger partial charge in [-0.05, 0) is 61.1 Å². The minimum atomic E-state index is -0.250. The Labute approximate surface area is 186 Å². The van der Waals surface area contributed by atoms with Crippen molar-refractivity contribution in [3.63, 3.8) is 0 Å². The van der Waals surface area contributed by atoms with E-state index in [0.29, 0.717) is 11.0 Å². The Morgan fingerprint density at radius 3 is 2.50 bits per heavy atom. The fourth-order valence-corrected chi connectivity index (χ4v) is 4.35. The molecule has 0 unspecified atom stereocenters. The van der Waals surface area contributed by atoms with Crippen LogP contribution in [0.3, 0.4) is 0 Å². The van der Waals surface area contributed by atoms with Crippen LogP contribution >= 0.6 is 0 Å². The summed E-state index contributed by atoms with van der Waals surface area (Å²) >= 11 is 0. The minimum Gasteiger partial charge on any atom is -0.483 e. The summed E-state index contributed by atoms with van der Waals surface area (Å²) in [5.41, 5.74) is 2.94. The van der Waals surface area contributed by atoms with E-state index in [4.69, 9.17) is 25.1 Å². The van der Waals surface area contributed by atoms with E-state index in [9.17, 15) is 4.79 Å². The second-order valence-electron chi connectivity index (χ2n) is 7.80. The van der Waals surface area contributed by atoms with Crippen LogP contribution in [0.15, 0.2) is 48.8 Å². The number of nitriles is 1. The third kappa shape index (κ3) is 6.89. The Bertz CT molecular complexity index is 933. The molecule has 0 atom stereocenters. The molecule has 4 rings (SSSR count). The molecule has 1 aliphatic carbocycles. The molecular formula is C23H26N4O5. The summed E-state index contributed by atoms with van der Waals surface area (Å²) in [5, 5.41) is 26.0. The molecule has 1 spiro atoms. The van der Waals surface area contributed by atoms with Crippen molar-refractivity contribution in [1.82, 2.24) is 15.2 Å². The number of carbonyl (C=O) groups excluding carboxylic acids is 1. The van der Waals surface area contributed by atoms with Crippen molar-refractivity contribution in [1.29, 1.82) is 5.26 Å². The largest absolute Gasteiger partial charge is 0.483 e. The highest BCUT2D eigenvalue weighted by atomic mass is 16.3. The smallest absolute Gasteiger partial charge is 0.290 e. The first-order valence-electron chi connectivity index (χ1n) is 10.1. The lowest BCUT2D eigenvalue weighted by atomic mass is 9.65. The molecule has 9 nitrogen and oxygen atoms in total. The van der Waals surface area contributed by atoms with Gasteiger partial charge in [0.05, 0.1) is 11.6 Å². The van der Waals surface area contributed by atoms with Crippen molar-refractivity contribution in [2.24, 2.45) is 5.41 Å². The number of rotatable bonds is 4. The molecule has 1 saturated carbocycles. The van der Waals surface area contributed by atoms with Gasteiger partial charge in [0, 0.05) is 37.1 Å². The second-order valence-corrected chi connectivity index (χ2v) is 7.80. The molecule has 2 aliphatic rings. The molecule has 9 heteroatoms. The number of hydrogen-bond donors (Lipinski definition) is 3. The van der Waals surface area contributed by atoms with Gasteiger partial charge in [0.1, 0.15) is 0 Å². The summed E-state index contributed by atoms with van der Waals surface area (Å²) in [6.07, 6.45) is 6.59. The average molecular weight is 438 g/mol. The molecule has 1 aliphatic heterocycles. The highest BCUT2D eigenvalue weighted by Gasteiger charge is 2.48. The normalized spacial score (nSPS) is 20.9. The predicted molar refractivity (Wildman–Crippen MR) is 116 cm³/mol. The van der Waals surface area contributed by atoms with Crippen molar-refractivity contribution in [3.8, 4) is 6.07 Å². The summed E-state index contributed by atoms with van der Waals surface area (Å²) in [7, 11) is 0. The molecule has 2 aromatic rings. The number of nitrogens with one attached hydrogen (secondary N) is 1. The van der Waals surface area contributed by atoms with Crippen molar-refractivity contribution in [3.05, 3.63) is 65.5 Å². The van der Waals surface area contributed by atoms with Gasteiger partial charge in [-0.2, -0.15) is 5.26 Å². The first-order chi connectivity index (χ1) is 15.5. The Morgan fingerprint density at radius 1 is 1.22 bits per heavy atom. The number of hydrogen-bond acceptors (Lipinski definition) is 6. The van der Waals surface area contributed by atoms with Gasteiger partial charge < -0.3 is 15.5 Å². The van der Waals surface area contributed by atoms with E-state index in [1.54, 1.807) is 24.5 Å². The van der Waals surface area contributed by atoms with E-state index in [1.807, 2.05) is 18.2 Å². The van der Waals surface area contributed by atoms with Crippen LogP contribution in [0.4, 0.5) is 0 Å². The number of amides is 1. The Balaban J connectivity index is 0.000000547. The maximum absolute atomic E-state index is 12.2. The number of pyridine rings is 1. The van der Waals surface area contributed by atoms with Crippen molar-refractivity contribution < 1.29 is 24.6 Å². The Hall–Kier alpha value is -3.77. The van der Waals surface area contributed by atoms with E-state index in [0.717, 1.165) is 38.0 Å². The van der Waals surface area contributed by atoms with Gasteiger partial charge in [-0.15, -0.1) is 0 Å². The average Bonchev–Trinajstić information content (AvgIpc) is 3.19. The van der Waals surface area contributed by atoms with Crippen LogP contribution in [0.5, 0.6) is 0 Å². The standard InChI is InChI=1S/C21H22N4O.2CH2O2/c22-13-16-2-1-3-17(10-16)14-25-9-6-21(15-25)11-19(12-21)24-20(26)18-4-7-23-8-5-18;2*2-1-3/h1-5,7-8,10,19H,6,9,11-12,14-15H2,(H,24,26);2*1H,(H,2,3). The summed E-state index contributed by atoms with van der Waals surface area (Å²) in [5.74, 6) is -0.00424. The molecule has 1 aromatic heterocycles. The Kier molecular flexibility index (Phi) is 9.32. The molecule has 2 fully saturated rings. The highest BCUT2D eigenvalue weighted by molar-refractivity contribution is 5.94. The van der Waals surface area contributed by atoms with Crippen LogP contribution in [0.25, 0.3) is 0 Å². The number of carbonyl (C=O) groups is 3. The SMILES string of the molecule is N#Cc1cccc(CN2CCC3(CC(NC(=O)c4ccncc4)C3)C2)c1.O=CO.O=CO. The summed E-state index contributed by atoms with van der Waals surface area (Å²) < 4.78 is 0. The maximum atomic E-state index is 12.2. The van der Waals surface area contributed by atoms with Crippen LogP contribution in [-0.2, 0) is 16.1 Å². The fraction of sp³-hybridized carbons (Fsp3) is 0.348. The first-order valence-corrected chi connectivity index (χ1v) is 10.1. The van der Waals surface area contributed by atoms with Gasteiger partial charge in [0.15, 0.2) is 0 Å². The zero-order chi connectivity index (χ0) is 23.4. The lowest BCUT2D eigenvalue weighted by molar-refractivity contribution is -0.123. The number of likely N-dealkylation sites (tertiary alicyclic amines) is 1. The van der Waals surface area contributed by atoms with E-state index >= 15 is 0 Å². The third-order valence-electron chi connectivity index (χ3n) is 5.62. The van der Waals surface area contributed by atoms with Gasteiger partial charge >= 0.3 is 0 Å². The van der Waals surface area contributed by atoms with E-state index < -0.39 is 0 Å². The predicted octanol–water partition coefficient (Wildman–Crippen LogP) is 2.14. The first kappa shape index (κ1) is 24.5. The second kappa shape index (κ2) is 12.2. The molecule has 32 heavy (non-hydrogen) atoms. The lowest BCUT2D eigenvalue weighted by Gasteiger charge is -2.45. The molecule has 1 aromatic carbocycles. The van der Waals surface area contributed by atoms with Gasteiger partial charge in [0.2, 0.25) is 0 Å². The third-order valence-corrected chi connectivity index (χ3v) is 5.62. The van der Waals surface area contributed by atoms with E-state index in [-0.39, 0.29) is 24.9 Å². The topological polar surface area (TPSA) is 144 Å². The van der Waals surface area contributed by atoms with Crippen LogP contribution < -0.4 is 5.32 Å². The number of carboxylic acid groups (broad SMARTS) is 2. The molecule has 168 valence electrons. The van der Waals surface area contributed by atoms with Crippen LogP contribution in [0, 0.1) is 16.7 Å². The quantitative estimate of drug-likeness (QED) is 0.616. The number of nitrogens with zero attached hydrogens (tertiary/aromatic N) is 3. The molecule has 3 N–H and O–H groups in total. The van der Waals surface area contributed by atoms with Crippen molar-refractivity contribution >= 4 is 18.9 Å². The monoisotopic (exact) mass is 438 g/mol. The molecule has 1 saturated heterocycles. The molecule has 1 amide bonds. The van der Waals surface area contributed by atoms with Crippen molar-refractivity contribution in [2.45, 2.75) is 31.8 Å². The zero-order valence-electron chi connectivity index (χ0n) is 17.6. The molecule has 0 radical (unpaired) electrons. The van der Waals surface area contributed by atoms with Crippen LogP contribution in [-0.4, -0.2) is 58.1 Å². The summed E-state index contributed by atoms with van der Waals surface area (Å²) in [6, 6.07) is 13.8. The van der Waals surface area contributed by atoms with E-state index in [1.165, 1.54) is 12.0 Å². The Morgan fingerprint density at radius 2 is 1.88 bits per heavy atom. The lowest BCUT2D eigenvalue weighted by Crippen LogP contribution is -2.51. The van der Waals surface area contributed by atoms with Gasteiger partial charge in [-0.3, -0.25) is 24.3 Å². The highest BCUT2D eigenvalue weighted by Crippen LogP contribution is 2.48. The zero-order valence-corrected chi connectivity index (χ0v) is 17.6. The molecular weight excluding hydrogens is 412 g/mol. The number of benzene rings is 1. The van der Waals surface area contributed by atoms with Gasteiger partial charge in [0.25, 0.3) is 18.9 Å². The summed E-state index contributed by atoms with van der Waals surface area (Å²) in [4.78, 5) is 35.4. The maximum Gasteiger partial charge on any atom is 0.290 e. The van der Waals surface area contributed by atoms with Gasteiger partial charge in [-0.1, -0.05) is 12.1 Å².